The molecule has 19 heavy (non-hydrogen) atoms. The molecule has 1 aliphatic heterocycles. The van der Waals surface area contributed by atoms with Gasteiger partial charge in [-0.25, -0.2) is 0 Å². The topological polar surface area (TPSA) is 44.4 Å². The maximum absolute atomic E-state index is 11.8. The van der Waals surface area contributed by atoms with Crippen LogP contribution >= 0.6 is 0 Å². The summed E-state index contributed by atoms with van der Waals surface area (Å²) in [4.78, 5) is 14.4. The third-order valence-electron chi connectivity index (χ3n) is 4.01. The van der Waals surface area contributed by atoms with Crippen LogP contribution in [0.1, 0.15) is 46.5 Å². The molecular formula is C15H31N3O. The Hall–Kier alpha value is -0.610. The van der Waals surface area contributed by atoms with E-state index in [9.17, 15) is 4.79 Å². The molecule has 4 nitrogen and oxygen atoms in total. The molecule has 1 aliphatic rings. The van der Waals surface area contributed by atoms with Crippen molar-refractivity contribution in [3.63, 3.8) is 0 Å². The molecule has 2 N–H and O–H groups in total. The van der Waals surface area contributed by atoms with Crippen molar-refractivity contribution >= 4 is 5.91 Å². The lowest BCUT2D eigenvalue weighted by atomic mass is 10.0. The first kappa shape index (κ1) is 16.4. The van der Waals surface area contributed by atoms with Gasteiger partial charge >= 0.3 is 0 Å². The number of nitrogens with zero attached hydrogens (tertiary/aromatic N) is 1. The third-order valence-corrected chi connectivity index (χ3v) is 4.01. The molecule has 0 aromatic carbocycles. The van der Waals surface area contributed by atoms with Crippen molar-refractivity contribution in [1.29, 1.82) is 0 Å². The fourth-order valence-corrected chi connectivity index (χ4v) is 2.61. The lowest BCUT2D eigenvalue weighted by Crippen LogP contribution is -2.40. The van der Waals surface area contributed by atoms with Crippen molar-refractivity contribution in [1.82, 2.24) is 15.5 Å². The number of hydrogen-bond acceptors (Lipinski definition) is 3. The molecule has 2 unspecified atom stereocenters. The normalized spacial score (nSPS) is 22.2. The van der Waals surface area contributed by atoms with E-state index in [4.69, 9.17) is 0 Å². The zero-order valence-electron chi connectivity index (χ0n) is 12.9. The Morgan fingerprint density at radius 2 is 2.21 bits per heavy atom. The molecule has 4 heteroatoms. The second kappa shape index (κ2) is 9.32. The van der Waals surface area contributed by atoms with Crippen LogP contribution in [0.3, 0.4) is 0 Å². The van der Waals surface area contributed by atoms with Crippen LogP contribution in [-0.4, -0.2) is 49.6 Å². The van der Waals surface area contributed by atoms with Crippen LogP contribution < -0.4 is 10.6 Å². The van der Waals surface area contributed by atoms with Crippen molar-refractivity contribution in [2.45, 2.75) is 52.5 Å². The summed E-state index contributed by atoms with van der Waals surface area (Å²) in [6.45, 7) is 11.2. The minimum Gasteiger partial charge on any atom is -0.356 e. The second-order valence-corrected chi connectivity index (χ2v) is 5.73. The van der Waals surface area contributed by atoms with Gasteiger partial charge in [-0.05, 0) is 39.3 Å². The molecule has 1 amide bonds. The monoisotopic (exact) mass is 269 g/mol. The Morgan fingerprint density at radius 1 is 1.42 bits per heavy atom. The van der Waals surface area contributed by atoms with Gasteiger partial charge in [0.25, 0.3) is 0 Å². The number of carbonyl (C=O) groups is 1. The van der Waals surface area contributed by atoms with E-state index in [2.05, 4.69) is 29.4 Å². The van der Waals surface area contributed by atoms with E-state index in [1.54, 1.807) is 0 Å². The predicted molar refractivity (Wildman–Crippen MR) is 80.2 cm³/mol. The molecule has 2 atom stereocenters. The van der Waals surface area contributed by atoms with Crippen LogP contribution in [0.25, 0.3) is 0 Å². The van der Waals surface area contributed by atoms with Crippen LogP contribution in [0.2, 0.25) is 0 Å². The van der Waals surface area contributed by atoms with Gasteiger partial charge in [0.1, 0.15) is 0 Å². The number of amides is 1. The summed E-state index contributed by atoms with van der Waals surface area (Å²) in [7, 11) is 0. The fraction of sp³-hybridized carbons (Fsp3) is 0.933. The fourth-order valence-electron chi connectivity index (χ4n) is 2.61. The van der Waals surface area contributed by atoms with Crippen molar-refractivity contribution in [2.24, 2.45) is 5.92 Å². The summed E-state index contributed by atoms with van der Waals surface area (Å²) in [5.41, 5.74) is 0. The second-order valence-electron chi connectivity index (χ2n) is 5.73. The van der Waals surface area contributed by atoms with Crippen LogP contribution in [0, 0.1) is 5.92 Å². The number of likely N-dealkylation sites (tertiary alicyclic amines) is 1. The molecule has 0 bridgehead atoms. The summed E-state index contributed by atoms with van der Waals surface area (Å²) in [5, 5.41) is 6.25. The smallest absolute Gasteiger partial charge is 0.224 e. The van der Waals surface area contributed by atoms with E-state index in [1.807, 2.05) is 6.92 Å². The summed E-state index contributed by atoms with van der Waals surface area (Å²) in [6.07, 6.45) is 5.09. The van der Waals surface area contributed by atoms with Crippen LogP contribution in [0.4, 0.5) is 0 Å². The predicted octanol–water partition coefficient (Wildman–Crippen LogP) is 1.61. The van der Waals surface area contributed by atoms with Crippen LogP contribution in [0.15, 0.2) is 0 Å². The molecule has 0 aromatic rings. The van der Waals surface area contributed by atoms with Gasteiger partial charge in [-0.2, -0.15) is 0 Å². The molecule has 1 saturated heterocycles. The zero-order chi connectivity index (χ0) is 14.1. The first-order chi connectivity index (χ1) is 9.15. The van der Waals surface area contributed by atoms with E-state index in [0.29, 0.717) is 0 Å². The molecule has 0 radical (unpaired) electrons. The molecule has 0 saturated carbocycles. The Labute approximate surface area is 118 Å². The first-order valence-electron chi connectivity index (χ1n) is 7.87. The van der Waals surface area contributed by atoms with Crippen LogP contribution in [-0.2, 0) is 4.79 Å². The quantitative estimate of drug-likeness (QED) is 0.658. The number of nitrogens with one attached hydrogen (secondary N) is 2. The lowest BCUT2D eigenvalue weighted by molar-refractivity contribution is -0.124. The van der Waals surface area contributed by atoms with Gasteiger partial charge in [-0.3, -0.25) is 4.79 Å². The van der Waals surface area contributed by atoms with Gasteiger partial charge in [-0.1, -0.05) is 20.3 Å². The van der Waals surface area contributed by atoms with Crippen molar-refractivity contribution in [3.8, 4) is 0 Å². The minimum absolute atomic E-state index is 0.0638. The summed E-state index contributed by atoms with van der Waals surface area (Å²) in [5.74, 6) is 0.238. The molecular weight excluding hydrogens is 238 g/mol. The highest BCUT2D eigenvalue weighted by atomic mass is 16.1. The maximum atomic E-state index is 11.8. The average molecular weight is 269 g/mol. The molecule has 1 fully saturated rings. The van der Waals surface area contributed by atoms with Gasteiger partial charge < -0.3 is 15.5 Å². The SMILES string of the molecule is CCNCC(C)C(=O)NCCCN1CCCCC1C. The first-order valence-corrected chi connectivity index (χ1v) is 7.87. The van der Waals surface area contributed by atoms with Gasteiger partial charge in [-0.15, -0.1) is 0 Å². The standard InChI is InChI=1S/C15H31N3O/c1-4-16-12-13(2)15(19)17-9-7-11-18-10-6-5-8-14(18)3/h13-14,16H,4-12H2,1-3H3,(H,17,19). The van der Waals surface area contributed by atoms with E-state index < -0.39 is 0 Å². The summed E-state index contributed by atoms with van der Waals surface area (Å²) < 4.78 is 0. The number of hydrogen-bond donors (Lipinski definition) is 2. The summed E-state index contributed by atoms with van der Waals surface area (Å²) >= 11 is 0. The average Bonchev–Trinajstić information content (AvgIpc) is 2.42. The van der Waals surface area contributed by atoms with Gasteiger partial charge in [0.15, 0.2) is 0 Å². The minimum atomic E-state index is 0.0638. The lowest BCUT2D eigenvalue weighted by Gasteiger charge is -2.33. The molecule has 0 spiro atoms. The third kappa shape index (κ3) is 6.39. The highest BCUT2D eigenvalue weighted by molar-refractivity contribution is 5.78. The summed E-state index contributed by atoms with van der Waals surface area (Å²) in [6, 6.07) is 0.720. The Balaban J connectivity index is 2.07. The Bertz CT molecular complexity index is 258. The van der Waals surface area contributed by atoms with E-state index in [-0.39, 0.29) is 11.8 Å². The van der Waals surface area contributed by atoms with Gasteiger partial charge in [0, 0.05) is 31.6 Å². The molecule has 112 valence electrons. The molecule has 1 rings (SSSR count). The number of rotatable bonds is 8. The molecule has 1 heterocycles. The number of piperidine rings is 1. The van der Waals surface area contributed by atoms with E-state index in [1.165, 1.54) is 25.8 Å². The zero-order valence-corrected chi connectivity index (χ0v) is 12.9. The van der Waals surface area contributed by atoms with E-state index >= 15 is 0 Å². The maximum Gasteiger partial charge on any atom is 0.224 e. The largest absolute Gasteiger partial charge is 0.356 e. The molecule has 0 aliphatic carbocycles. The van der Waals surface area contributed by atoms with Crippen LogP contribution in [0.5, 0.6) is 0 Å². The van der Waals surface area contributed by atoms with Gasteiger partial charge in [0.05, 0.1) is 0 Å². The Morgan fingerprint density at radius 3 is 2.89 bits per heavy atom. The van der Waals surface area contributed by atoms with Crippen molar-refractivity contribution < 1.29 is 4.79 Å². The molecule has 0 aromatic heterocycles. The highest BCUT2D eigenvalue weighted by Crippen LogP contribution is 2.15. The number of carbonyl (C=O) groups excluding carboxylic acids is 1. The van der Waals surface area contributed by atoms with Crippen molar-refractivity contribution in [2.75, 3.05) is 32.7 Å². The highest BCUT2D eigenvalue weighted by Gasteiger charge is 2.17. The Kier molecular flexibility index (Phi) is 8.07. The van der Waals surface area contributed by atoms with Gasteiger partial charge in [0.2, 0.25) is 5.91 Å². The van der Waals surface area contributed by atoms with E-state index in [0.717, 1.165) is 38.6 Å². The van der Waals surface area contributed by atoms with Crippen molar-refractivity contribution in [3.05, 3.63) is 0 Å².